The summed E-state index contributed by atoms with van der Waals surface area (Å²) in [6.45, 7) is 9.17. The summed E-state index contributed by atoms with van der Waals surface area (Å²) in [4.78, 5) is 53.2. The highest BCUT2D eigenvalue weighted by Gasteiger charge is 2.59. The first-order valence-electron chi connectivity index (χ1n) is 10.7. The standard InChI is InChI=1S/C21H32N4O8/c1-10(2)17(26)30-9-21(23)15(32-19(28)12(5)6)14(31-18(27)11(3)4)16(33-21)25-8-7-13(22)24-20(25)29/h7-8,10-12,14-16H,9,23H2,1-6H3,(H2,22,24,29)/t14-,15+,16-,21-/m1/s1. The molecule has 0 unspecified atom stereocenters. The van der Waals surface area contributed by atoms with E-state index in [9.17, 15) is 19.2 Å². The molecule has 4 atom stereocenters. The molecule has 184 valence electrons. The zero-order chi connectivity index (χ0) is 25.1. The lowest BCUT2D eigenvalue weighted by molar-refractivity contribution is -0.183. The van der Waals surface area contributed by atoms with Crippen molar-refractivity contribution in [3.05, 3.63) is 22.7 Å². The summed E-state index contributed by atoms with van der Waals surface area (Å²) in [5.41, 5.74) is 9.26. The Labute approximate surface area is 191 Å². The number of aromatic nitrogens is 2. The lowest BCUT2D eigenvalue weighted by Gasteiger charge is -2.31. The van der Waals surface area contributed by atoms with Gasteiger partial charge in [-0.3, -0.25) is 24.7 Å². The Balaban J connectivity index is 2.54. The number of hydrogen-bond acceptors (Lipinski definition) is 11. The minimum Gasteiger partial charge on any atom is -0.461 e. The van der Waals surface area contributed by atoms with Crippen molar-refractivity contribution in [1.29, 1.82) is 0 Å². The number of anilines is 1. The minimum absolute atomic E-state index is 0.0300. The van der Waals surface area contributed by atoms with E-state index >= 15 is 0 Å². The zero-order valence-corrected chi connectivity index (χ0v) is 19.6. The maximum Gasteiger partial charge on any atom is 0.351 e. The van der Waals surface area contributed by atoms with Crippen LogP contribution in [0.4, 0.5) is 5.82 Å². The van der Waals surface area contributed by atoms with Gasteiger partial charge in [-0.1, -0.05) is 41.5 Å². The molecule has 0 spiro atoms. The van der Waals surface area contributed by atoms with E-state index in [1.807, 2.05) is 0 Å². The normalized spacial score (nSPS) is 24.8. The van der Waals surface area contributed by atoms with Crippen LogP contribution in [0.3, 0.4) is 0 Å². The highest BCUT2D eigenvalue weighted by atomic mass is 16.7. The molecule has 12 heteroatoms. The van der Waals surface area contributed by atoms with E-state index in [1.54, 1.807) is 41.5 Å². The monoisotopic (exact) mass is 468 g/mol. The van der Waals surface area contributed by atoms with Gasteiger partial charge >= 0.3 is 23.6 Å². The smallest absolute Gasteiger partial charge is 0.351 e. The van der Waals surface area contributed by atoms with Crippen LogP contribution < -0.4 is 17.2 Å². The number of esters is 3. The van der Waals surface area contributed by atoms with Crippen molar-refractivity contribution in [3.63, 3.8) is 0 Å². The first-order chi connectivity index (χ1) is 15.3. The van der Waals surface area contributed by atoms with Gasteiger partial charge in [0, 0.05) is 6.20 Å². The van der Waals surface area contributed by atoms with Crippen molar-refractivity contribution >= 4 is 23.7 Å². The SMILES string of the molecule is CC(C)C(=O)OC[C@@]1(N)O[C@@H](n2ccc(N)nc2=O)[C@H](OC(=O)C(C)C)[C@@H]1OC(=O)C(C)C. The molecule has 0 saturated carbocycles. The Morgan fingerprint density at radius 1 is 1.06 bits per heavy atom. The molecule has 0 amide bonds. The molecule has 4 N–H and O–H groups in total. The number of hydrogen-bond donors (Lipinski definition) is 2. The highest BCUT2D eigenvalue weighted by Crippen LogP contribution is 2.38. The number of nitrogen functional groups attached to an aromatic ring is 1. The molecule has 1 aromatic heterocycles. The Kier molecular flexibility index (Phi) is 8.20. The molecule has 12 nitrogen and oxygen atoms in total. The summed E-state index contributed by atoms with van der Waals surface area (Å²) in [7, 11) is 0. The predicted molar refractivity (Wildman–Crippen MR) is 115 cm³/mol. The molecule has 0 aliphatic carbocycles. The molecular weight excluding hydrogens is 436 g/mol. The van der Waals surface area contributed by atoms with Crippen molar-refractivity contribution in [1.82, 2.24) is 9.55 Å². The Bertz CT molecular complexity index is 944. The second-order valence-corrected chi connectivity index (χ2v) is 8.84. The van der Waals surface area contributed by atoms with Gasteiger partial charge in [-0.25, -0.2) is 4.79 Å². The second kappa shape index (κ2) is 10.3. The fourth-order valence-electron chi connectivity index (χ4n) is 2.91. The van der Waals surface area contributed by atoms with Crippen LogP contribution in [-0.4, -0.2) is 52.0 Å². The van der Waals surface area contributed by atoms with E-state index in [0.717, 1.165) is 4.57 Å². The molecule has 0 bridgehead atoms. The molecule has 0 aromatic carbocycles. The Hall–Kier alpha value is -2.99. The molecule has 2 heterocycles. The summed E-state index contributed by atoms with van der Waals surface area (Å²) >= 11 is 0. The number of carbonyl (C=O) groups excluding carboxylic acids is 3. The van der Waals surface area contributed by atoms with Crippen LogP contribution in [0.25, 0.3) is 0 Å². The summed E-state index contributed by atoms with van der Waals surface area (Å²) in [6.07, 6.45) is -2.78. The number of rotatable bonds is 8. The molecule has 1 saturated heterocycles. The van der Waals surface area contributed by atoms with Crippen LogP contribution in [0.15, 0.2) is 17.1 Å². The maximum absolute atomic E-state index is 12.5. The first kappa shape index (κ1) is 26.3. The summed E-state index contributed by atoms with van der Waals surface area (Å²) in [5, 5.41) is 0. The van der Waals surface area contributed by atoms with Gasteiger partial charge in [-0.2, -0.15) is 4.98 Å². The molecule has 1 fully saturated rings. The molecule has 33 heavy (non-hydrogen) atoms. The van der Waals surface area contributed by atoms with Gasteiger partial charge in [0.15, 0.2) is 24.2 Å². The van der Waals surface area contributed by atoms with Crippen LogP contribution in [0.1, 0.15) is 47.8 Å². The van der Waals surface area contributed by atoms with Gasteiger partial charge in [0.25, 0.3) is 0 Å². The lowest BCUT2D eigenvalue weighted by Crippen LogP contribution is -2.57. The molecular formula is C21H32N4O8. The summed E-state index contributed by atoms with van der Waals surface area (Å²) in [5.74, 6) is -3.43. The fraction of sp³-hybridized carbons (Fsp3) is 0.667. The largest absolute Gasteiger partial charge is 0.461 e. The molecule has 2 rings (SSSR count). The van der Waals surface area contributed by atoms with Crippen molar-refractivity contribution in [3.8, 4) is 0 Å². The predicted octanol–water partition coefficient (Wildman–Crippen LogP) is 0.344. The van der Waals surface area contributed by atoms with Crippen molar-refractivity contribution in [2.75, 3.05) is 12.3 Å². The number of nitrogens with two attached hydrogens (primary N) is 2. The third-order valence-electron chi connectivity index (χ3n) is 4.88. The third kappa shape index (κ3) is 6.08. The average Bonchev–Trinajstić information content (AvgIpc) is 2.97. The van der Waals surface area contributed by atoms with Gasteiger partial charge in [0.2, 0.25) is 0 Å². The van der Waals surface area contributed by atoms with Crippen molar-refractivity contribution in [2.45, 2.75) is 65.7 Å². The van der Waals surface area contributed by atoms with Crippen molar-refractivity contribution < 1.29 is 33.3 Å². The fourth-order valence-corrected chi connectivity index (χ4v) is 2.91. The van der Waals surface area contributed by atoms with Gasteiger partial charge in [-0.05, 0) is 6.07 Å². The Morgan fingerprint density at radius 3 is 2.12 bits per heavy atom. The number of nitrogens with zero attached hydrogens (tertiary/aromatic N) is 2. The van der Waals surface area contributed by atoms with Crippen LogP contribution in [0.2, 0.25) is 0 Å². The van der Waals surface area contributed by atoms with E-state index in [4.69, 9.17) is 30.4 Å². The number of carbonyl (C=O) groups is 3. The first-order valence-corrected chi connectivity index (χ1v) is 10.7. The van der Waals surface area contributed by atoms with Gasteiger partial charge < -0.3 is 24.7 Å². The number of ether oxygens (including phenoxy) is 4. The van der Waals surface area contributed by atoms with Crippen LogP contribution in [0, 0.1) is 17.8 Å². The average molecular weight is 469 g/mol. The maximum atomic E-state index is 12.5. The highest BCUT2D eigenvalue weighted by molar-refractivity contribution is 5.73. The Morgan fingerprint density at radius 2 is 1.61 bits per heavy atom. The summed E-state index contributed by atoms with van der Waals surface area (Å²) in [6, 6.07) is 1.34. The van der Waals surface area contributed by atoms with Crippen LogP contribution in [0.5, 0.6) is 0 Å². The van der Waals surface area contributed by atoms with E-state index in [0.29, 0.717) is 0 Å². The van der Waals surface area contributed by atoms with E-state index < -0.39 is 72.1 Å². The van der Waals surface area contributed by atoms with Crippen molar-refractivity contribution in [2.24, 2.45) is 23.5 Å². The van der Waals surface area contributed by atoms with Gasteiger partial charge in [-0.15, -0.1) is 0 Å². The van der Waals surface area contributed by atoms with Crippen LogP contribution >= 0.6 is 0 Å². The second-order valence-electron chi connectivity index (χ2n) is 8.84. The van der Waals surface area contributed by atoms with E-state index in [-0.39, 0.29) is 5.82 Å². The zero-order valence-electron chi connectivity index (χ0n) is 19.6. The van der Waals surface area contributed by atoms with Crippen LogP contribution in [-0.2, 0) is 33.3 Å². The summed E-state index contributed by atoms with van der Waals surface area (Å²) < 4.78 is 23.3. The topological polar surface area (TPSA) is 175 Å². The van der Waals surface area contributed by atoms with Gasteiger partial charge in [0.05, 0.1) is 17.8 Å². The van der Waals surface area contributed by atoms with E-state index in [2.05, 4.69) is 4.98 Å². The lowest BCUT2D eigenvalue weighted by atomic mass is 10.0. The quantitative estimate of drug-likeness (QED) is 0.397. The van der Waals surface area contributed by atoms with E-state index in [1.165, 1.54) is 12.3 Å². The minimum atomic E-state index is -1.93. The molecule has 1 aliphatic heterocycles. The molecule has 1 aromatic rings. The molecule has 0 radical (unpaired) electrons. The molecule has 1 aliphatic rings. The van der Waals surface area contributed by atoms with Gasteiger partial charge in [0.1, 0.15) is 12.4 Å². The third-order valence-corrected chi connectivity index (χ3v) is 4.88.